The summed E-state index contributed by atoms with van der Waals surface area (Å²) in [6, 6.07) is 0. The Morgan fingerprint density at radius 1 is 1.73 bits per heavy atom. The van der Waals surface area contributed by atoms with Gasteiger partial charge in [0.15, 0.2) is 0 Å². The first-order valence-electron chi connectivity index (χ1n) is 3.33. The molecular formula is C7H11NOS2. The van der Waals surface area contributed by atoms with Crippen LogP contribution in [0.1, 0.15) is 13.8 Å². The van der Waals surface area contributed by atoms with E-state index in [0.717, 1.165) is 4.34 Å². The highest BCUT2D eigenvalue weighted by Crippen LogP contribution is 2.32. The molecule has 0 fully saturated rings. The van der Waals surface area contributed by atoms with Gasteiger partial charge < -0.3 is 5.11 Å². The molecule has 4 heteroatoms. The number of hydrogen-bond donors (Lipinski definition) is 1. The minimum atomic E-state index is -0.113. The fourth-order valence-corrected chi connectivity index (χ4v) is 2.58. The van der Waals surface area contributed by atoms with Crippen LogP contribution < -0.4 is 0 Å². The molecule has 0 saturated carbocycles. The molecule has 0 unspecified atom stereocenters. The molecule has 1 heterocycles. The first-order chi connectivity index (χ1) is 5.14. The van der Waals surface area contributed by atoms with E-state index in [1.54, 1.807) is 29.3 Å². The number of rotatable bonds is 3. The molecule has 0 aliphatic rings. The van der Waals surface area contributed by atoms with E-state index in [2.05, 4.69) is 4.98 Å². The van der Waals surface area contributed by atoms with Crippen LogP contribution in [-0.4, -0.2) is 21.4 Å². The molecule has 0 spiro atoms. The fraction of sp³-hybridized carbons (Fsp3) is 0.571. The van der Waals surface area contributed by atoms with E-state index in [4.69, 9.17) is 5.11 Å². The molecule has 0 saturated heterocycles. The molecule has 1 aromatic rings. The first-order valence-corrected chi connectivity index (χ1v) is 5.03. The van der Waals surface area contributed by atoms with Crippen LogP contribution in [0.2, 0.25) is 0 Å². The third-order valence-electron chi connectivity index (χ3n) is 1.15. The number of aliphatic hydroxyl groups is 1. The zero-order valence-electron chi connectivity index (χ0n) is 6.57. The van der Waals surface area contributed by atoms with Gasteiger partial charge in [0.2, 0.25) is 0 Å². The molecule has 0 aliphatic carbocycles. The van der Waals surface area contributed by atoms with Crippen LogP contribution in [0.25, 0.3) is 0 Å². The number of thiazole rings is 1. The normalized spacial score (nSPS) is 11.9. The fourth-order valence-electron chi connectivity index (χ4n) is 0.529. The van der Waals surface area contributed by atoms with Crippen molar-refractivity contribution in [3.63, 3.8) is 0 Å². The van der Waals surface area contributed by atoms with Gasteiger partial charge in [-0.1, -0.05) is 11.8 Å². The number of aromatic nitrogens is 1. The molecule has 0 aromatic carbocycles. The molecule has 62 valence electrons. The van der Waals surface area contributed by atoms with E-state index < -0.39 is 0 Å². The van der Waals surface area contributed by atoms with Gasteiger partial charge in [-0.2, -0.15) is 0 Å². The van der Waals surface area contributed by atoms with Crippen LogP contribution in [-0.2, 0) is 0 Å². The van der Waals surface area contributed by atoms with Crippen molar-refractivity contribution in [1.29, 1.82) is 0 Å². The van der Waals surface area contributed by atoms with E-state index >= 15 is 0 Å². The molecule has 1 N–H and O–H groups in total. The molecule has 0 radical (unpaired) electrons. The van der Waals surface area contributed by atoms with Gasteiger partial charge in [0.25, 0.3) is 0 Å². The molecule has 2 nitrogen and oxygen atoms in total. The lowest BCUT2D eigenvalue weighted by molar-refractivity contribution is 0.265. The maximum Gasteiger partial charge on any atom is 0.150 e. The Balaban J connectivity index is 2.56. The van der Waals surface area contributed by atoms with Gasteiger partial charge in [-0.3, -0.25) is 0 Å². The van der Waals surface area contributed by atoms with Crippen LogP contribution >= 0.6 is 23.1 Å². The number of nitrogens with zero attached hydrogens (tertiary/aromatic N) is 1. The quantitative estimate of drug-likeness (QED) is 0.738. The summed E-state index contributed by atoms with van der Waals surface area (Å²) in [6.07, 6.45) is 1.78. The lowest BCUT2D eigenvalue weighted by Gasteiger charge is -2.18. The Labute approximate surface area is 74.7 Å². The Bertz CT molecular complexity index is 208. The van der Waals surface area contributed by atoms with Crippen molar-refractivity contribution in [2.24, 2.45) is 0 Å². The summed E-state index contributed by atoms with van der Waals surface area (Å²) >= 11 is 3.22. The standard InChI is InChI=1S/C7H11NOS2/c1-7(2,5-9)11-6-8-3-4-10-6/h3-4,9H,5H2,1-2H3. The molecule has 0 amide bonds. The smallest absolute Gasteiger partial charge is 0.150 e. The maximum atomic E-state index is 8.95. The summed E-state index contributed by atoms with van der Waals surface area (Å²) in [7, 11) is 0. The summed E-state index contributed by atoms with van der Waals surface area (Å²) < 4.78 is 0.904. The molecule has 0 atom stereocenters. The summed E-state index contributed by atoms with van der Waals surface area (Å²) in [4.78, 5) is 4.12. The Morgan fingerprint density at radius 3 is 2.91 bits per heavy atom. The first kappa shape index (κ1) is 9.03. The van der Waals surface area contributed by atoms with Crippen molar-refractivity contribution in [2.75, 3.05) is 6.61 Å². The van der Waals surface area contributed by atoms with Crippen molar-refractivity contribution >= 4 is 23.1 Å². The SMILES string of the molecule is CC(C)(CO)Sc1nccs1. The zero-order chi connectivity index (χ0) is 8.32. The number of thioether (sulfide) groups is 1. The Hall–Kier alpha value is -0.0600. The predicted molar refractivity (Wildman–Crippen MR) is 49.1 cm³/mol. The predicted octanol–water partition coefficient (Wildman–Crippen LogP) is 2.01. The van der Waals surface area contributed by atoms with Crippen molar-refractivity contribution < 1.29 is 5.11 Å². The van der Waals surface area contributed by atoms with Crippen LogP contribution in [0, 0.1) is 0 Å². The van der Waals surface area contributed by atoms with Gasteiger partial charge in [0, 0.05) is 16.3 Å². The van der Waals surface area contributed by atoms with Crippen LogP contribution in [0.5, 0.6) is 0 Å². The van der Waals surface area contributed by atoms with Crippen molar-refractivity contribution in [3.8, 4) is 0 Å². The summed E-state index contributed by atoms with van der Waals surface area (Å²) in [5, 5.41) is 10.9. The highest BCUT2D eigenvalue weighted by molar-refractivity contribution is 8.02. The third-order valence-corrected chi connectivity index (χ3v) is 3.22. The van der Waals surface area contributed by atoms with E-state index in [-0.39, 0.29) is 11.4 Å². The maximum absolute atomic E-state index is 8.95. The minimum Gasteiger partial charge on any atom is -0.395 e. The lowest BCUT2D eigenvalue weighted by Crippen LogP contribution is -2.19. The summed E-state index contributed by atoms with van der Waals surface area (Å²) in [6.45, 7) is 4.18. The molecule has 1 aromatic heterocycles. The second kappa shape index (κ2) is 3.56. The summed E-state index contributed by atoms with van der Waals surface area (Å²) in [5.74, 6) is 0. The van der Waals surface area contributed by atoms with Gasteiger partial charge in [-0.25, -0.2) is 4.98 Å². The average molecular weight is 189 g/mol. The van der Waals surface area contributed by atoms with E-state index in [9.17, 15) is 0 Å². The molecule has 0 aliphatic heterocycles. The number of hydrogen-bond acceptors (Lipinski definition) is 4. The van der Waals surface area contributed by atoms with Gasteiger partial charge in [-0.15, -0.1) is 11.3 Å². The topological polar surface area (TPSA) is 33.1 Å². The van der Waals surface area contributed by atoms with Gasteiger partial charge >= 0.3 is 0 Å². The molecule has 11 heavy (non-hydrogen) atoms. The van der Waals surface area contributed by atoms with Crippen molar-refractivity contribution in [3.05, 3.63) is 11.6 Å². The second-order valence-electron chi connectivity index (χ2n) is 2.82. The van der Waals surface area contributed by atoms with Gasteiger partial charge in [0.1, 0.15) is 4.34 Å². The van der Waals surface area contributed by atoms with Crippen LogP contribution in [0.15, 0.2) is 15.9 Å². The minimum absolute atomic E-state index is 0.113. The highest BCUT2D eigenvalue weighted by Gasteiger charge is 2.18. The van der Waals surface area contributed by atoms with E-state index in [1.807, 2.05) is 19.2 Å². The average Bonchev–Trinajstić information content (AvgIpc) is 2.39. The summed E-state index contributed by atoms with van der Waals surface area (Å²) in [5.41, 5.74) is 0. The Morgan fingerprint density at radius 2 is 2.45 bits per heavy atom. The van der Waals surface area contributed by atoms with Crippen molar-refractivity contribution in [2.45, 2.75) is 22.9 Å². The van der Waals surface area contributed by atoms with Gasteiger partial charge in [-0.05, 0) is 13.8 Å². The van der Waals surface area contributed by atoms with Crippen LogP contribution in [0.3, 0.4) is 0 Å². The van der Waals surface area contributed by atoms with Crippen LogP contribution in [0.4, 0.5) is 0 Å². The third kappa shape index (κ3) is 2.81. The highest BCUT2D eigenvalue weighted by atomic mass is 32.2. The van der Waals surface area contributed by atoms with E-state index in [1.165, 1.54) is 0 Å². The Kier molecular flexibility index (Phi) is 2.92. The molecule has 0 bridgehead atoms. The van der Waals surface area contributed by atoms with E-state index in [0.29, 0.717) is 0 Å². The zero-order valence-corrected chi connectivity index (χ0v) is 8.21. The molecular weight excluding hydrogens is 178 g/mol. The number of aliphatic hydroxyl groups excluding tert-OH is 1. The van der Waals surface area contributed by atoms with Gasteiger partial charge in [0.05, 0.1) is 6.61 Å². The van der Waals surface area contributed by atoms with Crippen molar-refractivity contribution in [1.82, 2.24) is 4.98 Å². The second-order valence-corrected chi connectivity index (χ2v) is 5.67. The largest absolute Gasteiger partial charge is 0.395 e. The monoisotopic (exact) mass is 189 g/mol. The molecule has 1 rings (SSSR count). The lowest BCUT2D eigenvalue weighted by atomic mass is 10.2.